The van der Waals surface area contributed by atoms with Crippen LogP contribution in [0.1, 0.15) is 36.0 Å². The van der Waals surface area contributed by atoms with Gasteiger partial charge >= 0.3 is 6.18 Å². The summed E-state index contributed by atoms with van der Waals surface area (Å²) in [6, 6.07) is 8.43. The Labute approximate surface area is 174 Å². The van der Waals surface area contributed by atoms with Crippen molar-refractivity contribution in [3.05, 3.63) is 53.2 Å². The Balaban J connectivity index is 1.40. The minimum Gasteiger partial charge on any atom is -0.493 e. The highest BCUT2D eigenvalue weighted by atomic mass is 19.4. The Hall–Kier alpha value is -2.77. The van der Waals surface area contributed by atoms with E-state index in [1.807, 2.05) is 30.9 Å². The number of aryl methyl sites for hydroxylation is 2. The van der Waals surface area contributed by atoms with Crippen LogP contribution in [0.15, 0.2) is 36.5 Å². The van der Waals surface area contributed by atoms with E-state index in [0.717, 1.165) is 29.1 Å². The molecule has 5 nitrogen and oxygen atoms in total. The van der Waals surface area contributed by atoms with E-state index >= 15 is 0 Å². The van der Waals surface area contributed by atoms with Crippen LogP contribution in [0.4, 0.5) is 19.0 Å². The lowest BCUT2D eigenvalue weighted by atomic mass is 10.0. The van der Waals surface area contributed by atoms with Gasteiger partial charge in [0.2, 0.25) is 5.91 Å². The number of carbonyl (C=O) groups is 1. The number of nitrogens with one attached hydrogen (secondary N) is 1. The van der Waals surface area contributed by atoms with E-state index < -0.39 is 11.7 Å². The number of alkyl halides is 3. The number of amides is 1. The number of pyridine rings is 1. The molecular formula is C22H26F3N3O2. The van der Waals surface area contributed by atoms with E-state index in [1.54, 1.807) is 0 Å². The lowest BCUT2D eigenvalue weighted by Gasteiger charge is -2.33. The molecule has 1 aromatic heterocycles. The number of halogens is 3. The molecule has 1 aromatic carbocycles. The molecule has 1 aliphatic rings. The number of anilines is 1. The topological polar surface area (TPSA) is 54.5 Å². The van der Waals surface area contributed by atoms with Crippen molar-refractivity contribution < 1.29 is 22.7 Å². The third-order valence-electron chi connectivity index (χ3n) is 5.05. The summed E-state index contributed by atoms with van der Waals surface area (Å²) in [5.41, 5.74) is 1.48. The number of piperidine rings is 1. The fourth-order valence-corrected chi connectivity index (χ4v) is 3.57. The highest BCUT2D eigenvalue weighted by molar-refractivity contribution is 5.76. The fourth-order valence-electron chi connectivity index (χ4n) is 3.57. The molecule has 1 saturated heterocycles. The molecule has 30 heavy (non-hydrogen) atoms. The van der Waals surface area contributed by atoms with Gasteiger partial charge in [-0.2, -0.15) is 13.2 Å². The zero-order chi connectivity index (χ0) is 21.7. The minimum absolute atomic E-state index is 0.0458. The van der Waals surface area contributed by atoms with Crippen molar-refractivity contribution >= 4 is 11.7 Å². The molecule has 1 amide bonds. The summed E-state index contributed by atoms with van der Waals surface area (Å²) in [6.45, 7) is 5.56. The maximum absolute atomic E-state index is 12.7. The summed E-state index contributed by atoms with van der Waals surface area (Å²) in [6.07, 6.45) is -1.82. The van der Waals surface area contributed by atoms with Crippen molar-refractivity contribution in [2.75, 3.05) is 24.6 Å². The number of benzene rings is 1. The maximum atomic E-state index is 12.7. The lowest BCUT2D eigenvalue weighted by molar-refractivity contribution is -0.137. The van der Waals surface area contributed by atoms with E-state index in [-0.39, 0.29) is 18.4 Å². The first-order chi connectivity index (χ1) is 14.2. The third kappa shape index (κ3) is 6.11. The SMILES string of the molecule is Cc1cc(C)cc(OCCC(=O)NC2CCN(c3ccc(C(F)(F)F)cn3)CC2)c1. The van der Waals surface area contributed by atoms with Gasteiger partial charge in [0.05, 0.1) is 18.6 Å². The minimum atomic E-state index is -4.38. The number of ether oxygens (including phenoxy) is 1. The molecule has 0 atom stereocenters. The van der Waals surface area contributed by atoms with Crippen LogP contribution >= 0.6 is 0 Å². The number of carbonyl (C=O) groups excluding carboxylic acids is 1. The molecule has 0 saturated carbocycles. The highest BCUT2D eigenvalue weighted by Gasteiger charge is 2.31. The zero-order valence-corrected chi connectivity index (χ0v) is 17.1. The van der Waals surface area contributed by atoms with Gasteiger partial charge in [-0.1, -0.05) is 6.07 Å². The Morgan fingerprint density at radius 2 is 1.83 bits per heavy atom. The van der Waals surface area contributed by atoms with Crippen LogP contribution in [-0.2, 0) is 11.0 Å². The average Bonchev–Trinajstić information content (AvgIpc) is 2.67. The molecule has 2 heterocycles. The Morgan fingerprint density at radius 3 is 2.40 bits per heavy atom. The van der Waals surface area contributed by atoms with Gasteiger partial charge in [0.25, 0.3) is 0 Å². The molecule has 2 aromatic rings. The number of aromatic nitrogens is 1. The van der Waals surface area contributed by atoms with E-state index in [0.29, 0.717) is 38.4 Å². The maximum Gasteiger partial charge on any atom is 0.417 e. The number of rotatable bonds is 6. The van der Waals surface area contributed by atoms with Gasteiger partial charge in [0.15, 0.2) is 0 Å². The van der Waals surface area contributed by atoms with Crippen molar-refractivity contribution in [3.63, 3.8) is 0 Å². The zero-order valence-electron chi connectivity index (χ0n) is 17.1. The molecule has 1 fully saturated rings. The number of hydrogen-bond donors (Lipinski definition) is 1. The molecule has 0 bridgehead atoms. The summed E-state index contributed by atoms with van der Waals surface area (Å²) < 4.78 is 43.6. The molecule has 3 rings (SSSR count). The highest BCUT2D eigenvalue weighted by Crippen LogP contribution is 2.29. The summed E-state index contributed by atoms with van der Waals surface area (Å²) >= 11 is 0. The van der Waals surface area contributed by atoms with Crippen LogP contribution in [0.25, 0.3) is 0 Å². The first-order valence-electron chi connectivity index (χ1n) is 9.99. The Morgan fingerprint density at radius 1 is 1.17 bits per heavy atom. The summed E-state index contributed by atoms with van der Waals surface area (Å²) in [4.78, 5) is 18.1. The van der Waals surface area contributed by atoms with Crippen LogP contribution in [0.2, 0.25) is 0 Å². The van der Waals surface area contributed by atoms with E-state index in [4.69, 9.17) is 4.74 Å². The molecule has 1 N–H and O–H groups in total. The fraction of sp³-hybridized carbons (Fsp3) is 0.455. The standard InChI is InChI=1S/C22H26F3N3O2/c1-15-11-16(2)13-19(12-15)30-10-7-21(29)27-18-5-8-28(9-6-18)20-4-3-17(14-26-20)22(23,24)25/h3-4,11-14,18H,5-10H2,1-2H3,(H,27,29). The van der Waals surface area contributed by atoms with Crippen molar-refractivity contribution in [1.29, 1.82) is 0 Å². The van der Waals surface area contributed by atoms with E-state index in [1.165, 1.54) is 6.07 Å². The van der Waals surface area contributed by atoms with Crippen molar-refractivity contribution in [2.45, 2.75) is 45.3 Å². The Kier molecular flexibility index (Phi) is 6.84. The van der Waals surface area contributed by atoms with Gasteiger partial charge in [-0.3, -0.25) is 4.79 Å². The smallest absolute Gasteiger partial charge is 0.417 e. The molecule has 1 aliphatic heterocycles. The second kappa shape index (κ2) is 9.36. The molecule has 0 radical (unpaired) electrons. The normalized spacial score (nSPS) is 15.2. The van der Waals surface area contributed by atoms with Gasteiger partial charge in [-0.25, -0.2) is 4.98 Å². The second-order valence-corrected chi connectivity index (χ2v) is 7.65. The van der Waals surface area contributed by atoms with Gasteiger partial charge in [0, 0.05) is 25.3 Å². The Bertz CT molecular complexity index is 841. The van der Waals surface area contributed by atoms with Crippen LogP contribution in [0.5, 0.6) is 5.75 Å². The first kappa shape index (κ1) is 21.9. The van der Waals surface area contributed by atoms with Gasteiger partial charge in [-0.05, 0) is 62.1 Å². The van der Waals surface area contributed by atoms with Crippen LogP contribution in [-0.4, -0.2) is 36.6 Å². The predicted molar refractivity (Wildman–Crippen MR) is 109 cm³/mol. The first-order valence-corrected chi connectivity index (χ1v) is 9.99. The summed E-state index contributed by atoms with van der Waals surface area (Å²) in [5.74, 6) is 1.22. The lowest BCUT2D eigenvalue weighted by Crippen LogP contribution is -2.45. The summed E-state index contributed by atoms with van der Waals surface area (Å²) in [7, 11) is 0. The second-order valence-electron chi connectivity index (χ2n) is 7.65. The molecular weight excluding hydrogens is 395 g/mol. The average molecular weight is 421 g/mol. The molecule has 0 unspecified atom stereocenters. The van der Waals surface area contributed by atoms with E-state index in [9.17, 15) is 18.0 Å². The molecule has 0 spiro atoms. The molecule has 0 aliphatic carbocycles. The molecule has 8 heteroatoms. The number of hydrogen-bond acceptors (Lipinski definition) is 4. The predicted octanol–water partition coefficient (Wildman–Crippen LogP) is 4.27. The van der Waals surface area contributed by atoms with Gasteiger partial charge in [-0.15, -0.1) is 0 Å². The molecule has 162 valence electrons. The van der Waals surface area contributed by atoms with Crippen molar-refractivity contribution in [3.8, 4) is 5.75 Å². The number of nitrogens with zero attached hydrogens (tertiary/aromatic N) is 2. The van der Waals surface area contributed by atoms with Crippen LogP contribution in [0, 0.1) is 13.8 Å². The van der Waals surface area contributed by atoms with Crippen LogP contribution < -0.4 is 15.0 Å². The van der Waals surface area contributed by atoms with Gasteiger partial charge in [0.1, 0.15) is 11.6 Å². The monoisotopic (exact) mass is 421 g/mol. The van der Waals surface area contributed by atoms with Crippen molar-refractivity contribution in [2.24, 2.45) is 0 Å². The summed E-state index contributed by atoms with van der Waals surface area (Å²) in [5, 5.41) is 3.01. The van der Waals surface area contributed by atoms with E-state index in [2.05, 4.69) is 16.4 Å². The quantitative estimate of drug-likeness (QED) is 0.757. The largest absolute Gasteiger partial charge is 0.493 e. The van der Waals surface area contributed by atoms with Crippen molar-refractivity contribution in [1.82, 2.24) is 10.3 Å². The van der Waals surface area contributed by atoms with Gasteiger partial charge < -0.3 is 15.0 Å². The van der Waals surface area contributed by atoms with Crippen LogP contribution in [0.3, 0.4) is 0 Å². The third-order valence-corrected chi connectivity index (χ3v) is 5.05.